The van der Waals surface area contributed by atoms with Crippen molar-refractivity contribution in [3.05, 3.63) is 22.8 Å². The summed E-state index contributed by atoms with van der Waals surface area (Å²) in [5.41, 5.74) is 0.736. The number of hydrogen-bond acceptors (Lipinski definition) is 3. The van der Waals surface area contributed by atoms with Crippen LogP contribution in [0.4, 0.5) is 5.82 Å². The Bertz CT molecular complexity index is 458. The molecule has 1 aromatic rings. The van der Waals surface area contributed by atoms with Gasteiger partial charge in [0.2, 0.25) is 0 Å². The molecule has 0 bridgehead atoms. The van der Waals surface area contributed by atoms with E-state index in [1.807, 2.05) is 0 Å². The zero-order valence-corrected chi connectivity index (χ0v) is 11.5. The van der Waals surface area contributed by atoms with E-state index in [4.69, 9.17) is 11.6 Å². The molecule has 1 heterocycles. The summed E-state index contributed by atoms with van der Waals surface area (Å²) < 4.78 is 0. The Morgan fingerprint density at radius 3 is 2.83 bits per heavy atom. The number of halogens is 1. The molecule has 1 amide bonds. The van der Waals surface area contributed by atoms with Crippen molar-refractivity contribution in [3.63, 3.8) is 0 Å². The summed E-state index contributed by atoms with van der Waals surface area (Å²) >= 11 is 5.99. The Hall–Kier alpha value is -1.29. The highest BCUT2D eigenvalue weighted by Crippen LogP contribution is 2.39. The van der Waals surface area contributed by atoms with Gasteiger partial charge in [0.1, 0.15) is 5.82 Å². The van der Waals surface area contributed by atoms with E-state index in [0.717, 1.165) is 0 Å². The van der Waals surface area contributed by atoms with E-state index in [1.165, 1.54) is 25.5 Å². The van der Waals surface area contributed by atoms with E-state index in [1.54, 1.807) is 13.1 Å². The van der Waals surface area contributed by atoms with Gasteiger partial charge in [-0.05, 0) is 24.3 Å². The minimum absolute atomic E-state index is 0.132. The number of hydrogen-bond donors (Lipinski definition) is 2. The summed E-state index contributed by atoms with van der Waals surface area (Å²) in [5, 5.41) is 6.23. The van der Waals surface area contributed by atoms with Crippen LogP contribution >= 0.6 is 11.6 Å². The number of pyridine rings is 1. The van der Waals surface area contributed by atoms with Crippen molar-refractivity contribution >= 4 is 23.3 Å². The maximum atomic E-state index is 12.1. The second kappa shape index (κ2) is 5.14. The summed E-state index contributed by atoms with van der Waals surface area (Å²) in [6.07, 6.45) is 5.11. The van der Waals surface area contributed by atoms with Crippen LogP contribution in [0.2, 0.25) is 5.02 Å². The highest BCUT2D eigenvalue weighted by atomic mass is 35.5. The van der Waals surface area contributed by atoms with Gasteiger partial charge >= 0.3 is 0 Å². The van der Waals surface area contributed by atoms with Gasteiger partial charge in [-0.3, -0.25) is 4.79 Å². The molecule has 0 radical (unpaired) electrons. The van der Waals surface area contributed by atoms with Crippen molar-refractivity contribution in [1.82, 2.24) is 10.3 Å². The summed E-state index contributed by atoms with van der Waals surface area (Å²) in [6.45, 7) is 2.91. The number of amides is 1. The number of aromatic nitrogens is 1. The van der Waals surface area contributed by atoms with Crippen LogP contribution in [0.1, 0.15) is 36.5 Å². The molecular formula is C13H18ClN3O. The fourth-order valence-corrected chi connectivity index (χ4v) is 2.28. The van der Waals surface area contributed by atoms with Crippen LogP contribution in [-0.4, -0.2) is 24.5 Å². The summed E-state index contributed by atoms with van der Waals surface area (Å²) in [6, 6.07) is 1.67. The van der Waals surface area contributed by atoms with E-state index in [2.05, 4.69) is 22.5 Å². The maximum absolute atomic E-state index is 12.1. The average Bonchev–Trinajstić information content (AvgIpc) is 2.34. The number of anilines is 1. The van der Waals surface area contributed by atoms with Crippen molar-refractivity contribution in [2.45, 2.75) is 26.2 Å². The number of carbonyl (C=O) groups excluding carboxylic acids is 1. The highest BCUT2D eigenvalue weighted by molar-refractivity contribution is 6.33. The first kappa shape index (κ1) is 13.1. The second-order valence-corrected chi connectivity index (χ2v) is 5.55. The number of rotatable bonds is 4. The first-order valence-corrected chi connectivity index (χ1v) is 6.53. The summed E-state index contributed by atoms with van der Waals surface area (Å²) in [4.78, 5) is 16.1. The van der Waals surface area contributed by atoms with Gasteiger partial charge in [0.25, 0.3) is 5.91 Å². The second-order valence-electron chi connectivity index (χ2n) is 5.15. The monoisotopic (exact) mass is 267 g/mol. The number of nitrogens with zero attached hydrogens (tertiary/aromatic N) is 1. The van der Waals surface area contributed by atoms with E-state index in [0.29, 0.717) is 22.9 Å². The summed E-state index contributed by atoms with van der Waals surface area (Å²) in [5.74, 6) is 0.506. The van der Waals surface area contributed by atoms with E-state index >= 15 is 0 Å². The zero-order valence-electron chi connectivity index (χ0n) is 10.7. The minimum Gasteiger partial charge on any atom is -0.373 e. The molecule has 0 unspecified atom stereocenters. The van der Waals surface area contributed by atoms with Crippen molar-refractivity contribution in [3.8, 4) is 0 Å². The van der Waals surface area contributed by atoms with Gasteiger partial charge in [0, 0.05) is 19.8 Å². The van der Waals surface area contributed by atoms with Crippen molar-refractivity contribution in [2.75, 3.05) is 18.9 Å². The van der Waals surface area contributed by atoms with Crippen LogP contribution in [-0.2, 0) is 0 Å². The van der Waals surface area contributed by atoms with Gasteiger partial charge in [-0.15, -0.1) is 0 Å². The maximum Gasteiger partial charge on any atom is 0.253 e. The predicted octanol–water partition coefficient (Wildman–Crippen LogP) is 2.70. The quantitative estimate of drug-likeness (QED) is 0.882. The Morgan fingerprint density at radius 2 is 2.28 bits per heavy atom. The molecule has 2 N–H and O–H groups in total. The Kier molecular flexibility index (Phi) is 3.76. The smallest absolute Gasteiger partial charge is 0.253 e. The lowest BCUT2D eigenvalue weighted by Crippen LogP contribution is -2.40. The zero-order chi connectivity index (χ0) is 13.2. The first-order valence-electron chi connectivity index (χ1n) is 6.16. The lowest BCUT2D eigenvalue weighted by atomic mass is 9.70. The fraction of sp³-hybridized carbons (Fsp3) is 0.538. The molecule has 1 aliphatic rings. The molecule has 0 atom stereocenters. The van der Waals surface area contributed by atoms with Crippen molar-refractivity contribution in [1.29, 1.82) is 0 Å². The van der Waals surface area contributed by atoms with Gasteiger partial charge in [-0.2, -0.15) is 0 Å². The largest absolute Gasteiger partial charge is 0.373 e. The van der Waals surface area contributed by atoms with Gasteiger partial charge < -0.3 is 10.6 Å². The molecule has 0 saturated heterocycles. The third-order valence-corrected chi connectivity index (χ3v) is 3.89. The third kappa shape index (κ3) is 2.75. The lowest BCUT2D eigenvalue weighted by Gasteiger charge is -2.38. The van der Waals surface area contributed by atoms with E-state index in [-0.39, 0.29) is 11.3 Å². The highest BCUT2D eigenvalue weighted by Gasteiger charge is 2.32. The standard InChI is InChI=1S/C13H18ClN3O/c1-13(4-3-5-13)8-17-12(18)9-6-11(15-2)16-7-10(9)14/h6-7H,3-5,8H2,1-2H3,(H,15,16)(H,17,18). The van der Waals surface area contributed by atoms with Crippen LogP contribution < -0.4 is 10.6 Å². The van der Waals surface area contributed by atoms with Gasteiger partial charge in [0.05, 0.1) is 10.6 Å². The van der Waals surface area contributed by atoms with Gasteiger partial charge in [-0.1, -0.05) is 24.9 Å². The molecule has 1 aromatic heterocycles. The first-order chi connectivity index (χ1) is 8.54. The average molecular weight is 268 g/mol. The minimum atomic E-state index is -0.132. The number of nitrogens with one attached hydrogen (secondary N) is 2. The normalized spacial score (nSPS) is 16.8. The van der Waals surface area contributed by atoms with Gasteiger partial charge in [0.15, 0.2) is 0 Å². The summed E-state index contributed by atoms with van der Waals surface area (Å²) in [7, 11) is 1.76. The van der Waals surface area contributed by atoms with Crippen LogP contribution in [0, 0.1) is 5.41 Å². The van der Waals surface area contributed by atoms with Crippen molar-refractivity contribution in [2.24, 2.45) is 5.41 Å². The molecule has 0 spiro atoms. The van der Waals surface area contributed by atoms with Crippen molar-refractivity contribution < 1.29 is 4.79 Å². The number of carbonyl (C=O) groups is 1. The molecule has 1 aliphatic carbocycles. The molecule has 0 aliphatic heterocycles. The fourth-order valence-electron chi connectivity index (χ4n) is 2.10. The molecule has 0 aromatic carbocycles. The lowest BCUT2D eigenvalue weighted by molar-refractivity contribution is 0.0891. The molecule has 98 valence electrons. The van der Waals surface area contributed by atoms with E-state index < -0.39 is 0 Å². The SMILES string of the molecule is CNc1cc(C(=O)NCC2(C)CCC2)c(Cl)cn1. The third-order valence-electron chi connectivity index (χ3n) is 3.59. The molecule has 2 rings (SSSR count). The predicted molar refractivity (Wildman–Crippen MR) is 73.1 cm³/mol. The molecule has 18 heavy (non-hydrogen) atoms. The van der Waals surface area contributed by atoms with Crippen LogP contribution in [0.5, 0.6) is 0 Å². The van der Waals surface area contributed by atoms with Crippen LogP contribution in [0.15, 0.2) is 12.3 Å². The van der Waals surface area contributed by atoms with Gasteiger partial charge in [-0.25, -0.2) is 4.98 Å². The molecular weight excluding hydrogens is 250 g/mol. The topological polar surface area (TPSA) is 54.0 Å². The van der Waals surface area contributed by atoms with E-state index in [9.17, 15) is 4.79 Å². The molecule has 4 nitrogen and oxygen atoms in total. The molecule has 1 saturated carbocycles. The Labute approximate surface area is 112 Å². The Morgan fingerprint density at radius 1 is 1.56 bits per heavy atom. The molecule has 5 heteroatoms. The molecule has 1 fully saturated rings. The van der Waals surface area contributed by atoms with Crippen LogP contribution in [0.25, 0.3) is 0 Å². The van der Waals surface area contributed by atoms with Crippen LogP contribution in [0.3, 0.4) is 0 Å². The Balaban J connectivity index is 2.03.